The van der Waals surface area contributed by atoms with Crippen LogP contribution >= 0.6 is 0 Å². The number of nitrogens with two attached hydrogens (primary N) is 3. The molecule has 1 atom stereocenters. The van der Waals surface area contributed by atoms with Gasteiger partial charge in [-0.1, -0.05) is 0 Å². The number of imidazole rings is 1. The molecule has 0 aliphatic rings. The Kier molecular flexibility index (Phi) is 3.35. The van der Waals surface area contributed by atoms with Crippen molar-refractivity contribution in [3.05, 3.63) is 27.2 Å². The quantitative estimate of drug-likeness (QED) is 0.398. The number of hydrogen-bond donors (Lipinski definition) is 3. The molecular weight excluding hydrogens is 280 g/mol. The van der Waals surface area contributed by atoms with Gasteiger partial charge in [0.05, 0.1) is 0 Å². The first-order chi connectivity index (χ1) is 9.75. The van der Waals surface area contributed by atoms with Crippen molar-refractivity contribution in [2.24, 2.45) is 29.2 Å². The number of rotatable bonds is 2. The first kappa shape index (κ1) is 14.5. The lowest BCUT2D eigenvalue weighted by Gasteiger charge is -2.12. The van der Waals surface area contributed by atoms with E-state index in [9.17, 15) is 14.4 Å². The van der Waals surface area contributed by atoms with Crippen LogP contribution in [0.3, 0.4) is 0 Å². The molecule has 0 aromatic carbocycles. The van der Waals surface area contributed by atoms with Crippen LogP contribution in [-0.2, 0) is 7.05 Å². The highest BCUT2D eigenvalue weighted by Crippen LogP contribution is 2.06. The molecule has 21 heavy (non-hydrogen) atoms. The Bertz CT molecular complexity index is 867. The molecule has 0 radical (unpaired) electrons. The van der Waals surface area contributed by atoms with Gasteiger partial charge in [0.15, 0.2) is 23.4 Å². The lowest BCUT2D eigenvalue weighted by atomic mass is 10.4. The molecule has 6 N–H and O–H groups in total. The molecule has 0 spiro atoms. The minimum Gasteiger partial charge on any atom is -0.370 e. The smallest absolute Gasteiger partial charge is 0.335 e. The molecule has 0 aliphatic carbocycles. The summed E-state index contributed by atoms with van der Waals surface area (Å²) in [6.45, 7) is 1.26. The van der Waals surface area contributed by atoms with Crippen LogP contribution in [0, 0.1) is 0 Å². The first-order valence-corrected chi connectivity index (χ1v) is 5.79. The van der Waals surface area contributed by atoms with Gasteiger partial charge in [0.2, 0.25) is 5.91 Å². The summed E-state index contributed by atoms with van der Waals surface area (Å²) in [6, 6.07) is 0. The van der Waals surface area contributed by atoms with E-state index in [1.54, 1.807) is 0 Å². The second-order valence-electron chi connectivity index (χ2n) is 4.29. The van der Waals surface area contributed by atoms with Crippen molar-refractivity contribution in [1.82, 2.24) is 18.7 Å². The summed E-state index contributed by atoms with van der Waals surface area (Å²) in [5.74, 6) is -0.813. The zero-order chi connectivity index (χ0) is 15.9. The van der Waals surface area contributed by atoms with Crippen molar-refractivity contribution in [1.29, 1.82) is 0 Å². The number of guanidine groups is 1. The average Bonchev–Trinajstić information content (AvgIpc) is 2.80. The van der Waals surface area contributed by atoms with Gasteiger partial charge in [0, 0.05) is 14.0 Å². The molecule has 2 heterocycles. The number of fused-ring (bicyclic) bond motifs is 1. The third-order valence-corrected chi connectivity index (χ3v) is 2.87. The molecule has 11 nitrogen and oxygen atoms in total. The van der Waals surface area contributed by atoms with Crippen LogP contribution in [0.25, 0.3) is 11.2 Å². The minimum absolute atomic E-state index is 0.0633. The van der Waals surface area contributed by atoms with Crippen LogP contribution in [-0.4, -0.2) is 30.6 Å². The minimum atomic E-state index is -1.40. The highest BCUT2D eigenvalue weighted by atomic mass is 16.2. The topological polar surface area (TPSA) is 169 Å². The Hall–Kier alpha value is -2.95. The van der Waals surface area contributed by atoms with Crippen LogP contribution in [0.5, 0.6) is 0 Å². The lowest BCUT2D eigenvalue weighted by molar-refractivity contribution is 0.0940. The van der Waals surface area contributed by atoms with Crippen LogP contribution in [0.15, 0.2) is 20.9 Å². The molecule has 0 bridgehead atoms. The van der Waals surface area contributed by atoms with Gasteiger partial charge < -0.3 is 11.5 Å². The Morgan fingerprint density at radius 3 is 2.52 bits per heavy atom. The average molecular weight is 294 g/mol. The lowest BCUT2D eigenvalue weighted by Crippen LogP contribution is -2.45. The van der Waals surface area contributed by atoms with Gasteiger partial charge >= 0.3 is 5.69 Å². The van der Waals surface area contributed by atoms with Gasteiger partial charge in [-0.3, -0.25) is 24.5 Å². The molecular formula is C10H14N8O3. The van der Waals surface area contributed by atoms with E-state index < -0.39 is 23.4 Å². The first-order valence-electron chi connectivity index (χ1n) is 5.79. The molecule has 0 aliphatic heterocycles. The number of carbonyl (C=O) groups is 1. The standard InChI is InChI=1S/C10H14N8O3/c1-4(19)17-3-14-6-5(17)7(20)18(10(21)16(6)2)9(13)15-8(11)12/h3,9H,13H2,1-2H3,(H4,11,12,15). The zero-order valence-corrected chi connectivity index (χ0v) is 11.3. The highest BCUT2D eigenvalue weighted by Gasteiger charge is 2.20. The van der Waals surface area contributed by atoms with Crippen molar-refractivity contribution >= 4 is 23.0 Å². The predicted octanol–water partition coefficient (Wildman–Crippen LogP) is -2.75. The molecule has 2 rings (SSSR count). The fraction of sp³-hybridized carbons (Fsp3) is 0.300. The van der Waals surface area contributed by atoms with Crippen LogP contribution in [0.4, 0.5) is 0 Å². The third-order valence-electron chi connectivity index (χ3n) is 2.87. The molecule has 11 heteroatoms. The maximum atomic E-state index is 12.4. The van der Waals surface area contributed by atoms with E-state index >= 15 is 0 Å². The largest absolute Gasteiger partial charge is 0.370 e. The van der Waals surface area contributed by atoms with Crippen LogP contribution in [0.1, 0.15) is 18.0 Å². The van der Waals surface area contributed by atoms with Gasteiger partial charge in [0.1, 0.15) is 6.33 Å². The maximum absolute atomic E-state index is 12.4. The van der Waals surface area contributed by atoms with Crippen LogP contribution in [0.2, 0.25) is 0 Å². The van der Waals surface area contributed by atoms with E-state index in [-0.39, 0.29) is 17.1 Å². The molecule has 2 aromatic heterocycles. The summed E-state index contributed by atoms with van der Waals surface area (Å²) in [6.07, 6.45) is -0.245. The number of aromatic nitrogens is 4. The molecule has 0 saturated carbocycles. The number of nitrogens with zero attached hydrogens (tertiary/aromatic N) is 5. The van der Waals surface area contributed by atoms with E-state index in [2.05, 4.69) is 9.98 Å². The highest BCUT2D eigenvalue weighted by molar-refractivity contribution is 5.87. The summed E-state index contributed by atoms with van der Waals surface area (Å²) < 4.78 is 2.75. The summed E-state index contributed by atoms with van der Waals surface area (Å²) >= 11 is 0. The number of aryl methyl sites for hydroxylation is 1. The summed E-state index contributed by atoms with van der Waals surface area (Å²) in [4.78, 5) is 43.5. The van der Waals surface area contributed by atoms with E-state index in [1.165, 1.54) is 14.0 Å². The number of aliphatic imine (C=N–C) groups is 1. The Morgan fingerprint density at radius 1 is 1.38 bits per heavy atom. The van der Waals surface area contributed by atoms with E-state index in [0.717, 1.165) is 15.5 Å². The molecule has 1 unspecified atom stereocenters. The van der Waals surface area contributed by atoms with Crippen LogP contribution < -0.4 is 28.5 Å². The summed E-state index contributed by atoms with van der Waals surface area (Å²) in [7, 11) is 1.39. The van der Waals surface area contributed by atoms with Crippen molar-refractivity contribution in [3.8, 4) is 0 Å². The van der Waals surface area contributed by atoms with Gasteiger partial charge in [-0.2, -0.15) is 0 Å². The second kappa shape index (κ2) is 4.86. The third kappa shape index (κ3) is 2.18. The van der Waals surface area contributed by atoms with Gasteiger partial charge in [0.25, 0.3) is 5.56 Å². The van der Waals surface area contributed by atoms with E-state index in [4.69, 9.17) is 17.2 Å². The zero-order valence-electron chi connectivity index (χ0n) is 11.3. The number of carbonyl (C=O) groups excluding carboxylic acids is 1. The van der Waals surface area contributed by atoms with E-state index in [1.807, 2.05) is 0 Å². The summed E-state index contributed by atoms with van der Waals surface area (Å²) in [5, 5.41) is 0. The van der Waals surface area contributed by atoms with Gasteiger partial charge in [-0.25, -0.2) is 19.3 Å². The SMILES string of the molecule is CC(=O)n1cnc2c1c(=O)n(C(N)N=C(N)N)c(=O)n2C. The van der Waals surface area contributed by atoms with Crippen molar-refractivity contribution < 1.29 is 4.79 Å². The fourth-order valence-electron chi connectivity index (χ4n) is 1.92. The maximum Gasteiger partial charge on any atom is 0.335 e. The molecule has 112 valence electrons. The van der Waals surface area contributed by atoms with E-state index in [0.29, 0.717) is 4.57 Å². The van der Waals surface area contributed by atoms with Crippen molar-refractivity contribution in [2.45, 2.75) is 13.2 Å². The number of hydrogen-bond acceptors (Lipinski definition) is 6. The van der Waals surface area contributed by atoms with Crippen molar-refractivity contribution in [2.75, 3.05) is 0 Å². The van der Waals surface area contributed by atoms with Gasteiger partial charge in [-0.15, -0.1) is 0 Å². The molecule has 2 aromatic rings. The Balaban J connectivity index is 2.94. The normalized spacial score (nSPS) is 12.3. The van der Waals surface area contributed by atoms with Gasteiger partial charge in [-0.05, 0) is 0 Å². The fourth-order valence-corrected chi connectivity index (χ4v) is 1.92. The van der Waals surface area contributed by atoms with Crippen molar-refractivity contribution in [3.63, 3.8) is 0 Å². The Labute approximate surface area is 117 Å². The Morgan fingerprint density at radius 2 is 2.00 bits per heavy atom. The molecule has 0 amide bonds. The monoisotopic (exact) mass is 294 g/mol. The molecule has 0 fully saturated rings. The second-order valence-corrected chi connectivity index (χ2v) is 4.29. The molecule has 0 saturated heterocycles. The summed E-state index contributed by atoms with van der Waals surface area (Å²) in [5.41, 5.74) is 14.5. The predicted molar refractivity (Wildman–Crippen MR) is 74.6 cm³/mol.